The van der Waals surface area contributed by atoms with Crippen LogP contribution in [-0.4, -0.2) is 18.7 Å². The van der Waals surface area contributed by atoms with Gasteiger partial charge in [-0.2, -0.15) is 5.10 Å². The molecule has 0 fully saturated rings. The number of hydrogen-bond acceptors (Lipinski definition) is 3. The van der Waals surface area contributed by atoms with E-state index in [0.717, 1.165) is 29.9 Å². The molecule has 0 bridgehead atoms. The maximum atomic E-state index is 11.4. The first-order valence-electron chi connectivity index (χ1n) is 6.15. The number of nitrogens with zero attached hydrogens (tertiary/aromatic N) is 1. The van der Waals surface area contributed by atoms with Crippen LogP contribution in [0.25, 0.3) is 0 Å². The zero-order valence-corrected chi connectivity index (χ0v) is 11.2. The summed E-state index contributed by atoms with van der Waals surface area (Å²) in [7, 11) is 1.62. The molecule has 0 spiro atoms. The van der Waals surface area contributed by atoms with E-state index in [9.17, 15) is 4.79 Å². The second-order valence-corrected chi connectivity index (χ2v) is 4.07. The number of hydrogen-bond donors (Lipinski definition) is 1. The molecule has 4 nitrogen and oxygen atoms in total. The highest BCUT2D eigenvalue weighted by molar-refractivity contribution is 5.99. The molecule has 0 saturated heterocycles. The Bertz CT molecular complexity index is 428. The highest BCUT2D eigenvalue weighted by atomic mass is 16.5. The van der Waals surface area contributed by atoms with Crippen LogP contribution < -0.4 is 10.2 Å². The summed E-state index contributed by atoms with van der Waals surface area (Å²) in [5, 5.41) is 4.08. The van der Waals surface area contributed by atoms with E-state index in [4.69, 9.17) is 4.74 Å². The zero-order valence-electron chi connectivity index (χ0n) is 11.2. The molecule has 1 amide bonds. The van der Waals surface area contributed by atoms with Crippen LogP contribution in [0.15, 0.2) is 29.4 Å². The van der Waals surface area contributed by atoms with Crippen LogP contribution in [0.1, 0.15) is 38.7 Å². The normalized spacial score (nSPS) is 11.2. The number of carbonyl (C=O) groups is 1. The molecule has 0 aromatic heterocycles. The van der Waals surface area contributed by atoms with Crippen LogP contribution in [0.3, 0.4) is 0 Å². The van der Waals surface area contributed by atoms with E-state index in [-0.39, 0.29) is 5.91 Å². The summed E-state index contributed by atoms with van der Waals surface area (Å²) in [5.41, 5.74) is 4.26. The average molecular weight is 248 g/mol. The highest BCUT2D eigenvalue weighted by Crippen LogP contribution is 2.13. The van der Waals surface area contributed by atoms with Crippen LogP contribution in [0.2, 0.25) is 0 Å². The number of amides is 1. The van der Waals surface area contributed by atoms with Gasteiger partial charge in [0, 0.05) is 12.0 Å². The number of unbranched alkanes of at least 4 members (excludes halogenated alkanes) is 1. The molecule has 1 N–H and O–H groups in total. The van der Waals surface area contributed by atoms with Crippen LogP contribution in [0.4, 0.5) is 0 Å². The van der Waals surface area contributed by atoms with Crippen LogP contribution in [-0.2, 0) is 4.79 Å². The number of carbonyl (C=O) groups excluding carboxylic acids is 1. The highest BCUT2D eigenvalue weighted by Gasteiger charge is 2.01. The summed E-state index contributed by atoms with van der Waals surface area (Å²) in [5.74, 6) is 0.735. The number of rotatable bonds is 6. The molecule has 0 radical (unpaired) electrons. The standard InChI is InChI=1S/C14H20N2O2/c1-4-5-9-14(17)16-15-11(2)12-7-6-8-13(10-12)18-3/h6-8,10H,4-5,9H2,1-3H3,(H,16,17). The Kier molecular flexibility index (Phi) is 5.91. The number of benzene rings is 1. The van der Waals surface area contributed by atoms with Gasteiger partial charge in [-0.15, -0.1) is 0 Å². The predicted octanol–water partition coefficient (Wildman–Crippen LogP) is 2.73. The zero-order chi connectivity index (χ0) is 13.4. The van der Waals surface area contributed by atoms with Gasteiger partial charge >= 0.3 is 0 Å². The fourth-order valence-corrected chi connectivity index (χ4v) is 1.45. The lowest BCUT2D eigenvalue weighted by Crippen LogP contribution is -2.18. The summed E-state index contributed by atoms with van der Waals surface area (Å²) < 4.78 is 5.14. The molecular weight excluding hydrogens is 228 g/mol. The van der Waals surface area contributed by atoms with Crippen molar-refractivity contribution in [1.29, 1.82) is 0 Å². The minimum atomic E-state index is -0.0425. The van der Waals surface area contributed by atoms with Crippen molar-refractivity contribution >= 4 is 11.6 Å². The van der Waals surface area contributed by atoms with Crippen LogP contribution >= 0.6 is 0 Å². The fraction of sp³-hybridized carbons (Fsp3) is 0.429. The summed E-state index contributed by atoms with van der Waals surface area (Å²) in [6.07, 6.45) is 2.41. The third-order valence-corrected chi connectivity index (χ3v) is 2.59. The van der Waals surface area contributed by atoms with Crippen LogP contribution in [0.5, 0.6) is 5.75 Å². The van der Waals surface area contributed by atoms with E-state index in [1.54, 1.807) is 7.11 Å². The summed E-state index contributed by atoms with van der Waals surface area (Å²) in [4.78, 5) is 11.4. The molecule has 0 atom stereocenters. The molecule has 4 heteroatoms. The Morgan fingerprint density at radius 1 is 1.44 bits per heavy atom. The molecular formula is C14H20N2O2. The average Bonchev–Trinajstić information content (AvgIpc) is 2.42. The Balaban J connectivity index is 2.62. The number of ether oxygens (including phenoxy) is 1. The molecule has 1 aromatic carbocycles. The Morgan fingerprint density at radius 3 is 2.89 bits per heavy atom. The van der Waals surface area contributed by atoms with E-state index in [1.165, 1.54) is 0 Å². The van der Waals surface area contributed by atoms with Gasteiger partial charge in [0.25, 0.3) is 0 Å². The molecule has 1 aromatic rings. The molecule has 0 aliphatic carbocycles. The third kappa shape index (κ3) is 4.57. The quantitative estimate of drug-likeness (QED) is 0.621. The summed E-state index contributed by atoms with van der Waals surface area (Å²) >= 11 is 0. The largest absolute Gasteiger partial charge is 0.497 e. The molecule has 0 saturated carbocycles. The monoisotopic (exact) mass is 248 g/mol. The first-order chi connectivity index (χ1) is 8.67. The van der Waals surface area contributed by atoms with Crippen molar-refractivity contribution in [3.63, 3.8) is 0 Å². The van der Waals surface area contributed by atoms with Gasteiger partial charge in [-0.25, -0.2) is 5.43 Å². The van der Waals surface area contributed by atoms with Crippen molar-refractivity contribution in [2.75, 3.05) is 7.11 Å². The number of hydrazone groups is 1. The van der Waals surface area contributed by atoms with Crippen molar-refractivity contribution in [3.8, 4) is 5.75 Å². The lowest BCUT2D eigenvalue weighted by Gasteiger charge is -2.04. The molecule has 0 aliphatic rings. The van der Waals surface area contributed by atoms with Crippen molar-refractivity contribution in [3.05, 3.63) is 29.8 Å². The molecule has 98 valence electrons. The van der Waals surface area contributed by atoms with Crippen LogP contribution in [0, 0.1) is 0 Å². The number of nitrogens with one attached hydrogen (secondary N) is 1. The van der Waals surface area contributed by atoms with Crippen molar-refractivity contribution < 1.29 is 9.53 Å². The van der Waals surface area contributed by atoms with Crippen molar-refractivity contribution in [2.24, 2.45) is 5.10 Å². The maximum Gasteiger partial charge on any atom is 0.240 e. The molecule has 1 rings (SSSR count). The molecule has 18 heavy (non-hydrogen) atoms. The second kappa shape index (κ2) is 7.48. The van der Waals surface area contributed by atoms with Gasteiger partial charge in [0.1, 0.15) is 5.75 Å². The van der Waals surface area contributed by atoms with Crippen molar-refractivity contribution in [1.82, 2.24) is 5.43 Å². The smallest absolute Gasteiger partial charge is 0.240 e. The fourth-order valence-electron chi connectivity index (χ4n) is 1.45. The lowest BCUT2D eigenvalue weighted by atomic mass is 10.1. The number of methoxy groups -OCH3 is 1. The van der Waals surface area contributed by atoms with Gasteiger partial charge in [-0.1, -0.05) is 25.5 Å². The van der Waals surface area contributed by atoms with Gasteiger partial charge in [0.15, 0.2) is 0 Å². The molecule has 0 unspecified atom stereocenters. The Hall–Kier alpha value is -1.84. The third-order valence-electron chi connectivity index (χ3n) is 2.59. The Morgan fingerprint density at radius 2 is 2.22 bits per heavy atom. The summed E-state index contributed by atoms with van der Waals surface area (Å²) in [6.45, 7) is 3.91. The molecule has 0 aliphatic heterocycles. The minimum absolute atomic E-state index is 0.0425. The topological polar surface area (TPSA) is 50.7 Å². The molecule has 0 heterocycles. The van der Waals surface area contributed by atoms with Gasteiger partial charge in [0.05, 0.1) is 12.8 Å². The van der Waals surface area contributed by atoms with Gasteiger partial charge in [0.2, 0.25) is 5.91 Å². The second-order valence-electron chi connectivity index (χ2n) is 4.07. The van der Waals surface area contributed by atoms with Crippen molar-refractivity contribution in [2.45, 2.75) is 33.1 Å². The van der Waals surface area contributed by atoms with E-state index >= 15 is 0 Å². The SMILES string of the molecule is CCCCC(=O)NN=C(C)c1cccc(OC)c1. The minimum Gasteiger partial charge on any atom is -0.497 e. The van der Waals surface area contributed by atoms with Gasteiger partial charge in [-0.3, -0.25) is 4.79 Å². The Labute approximate surface area is 108 Å². The van der Waals surface area contributed by atoms with E-state index in [1.807, 2.05) is 31.2 Å². The first kappa shape index (κ1) is 14.2. The first-order valence-corrected chi connectivity index (χ1v) is 6.15. The summed E-state index contributed by atoms with van der Waals surface area (Å²) in [6, 6.07) is 7.58. The predicted molar refractivity (Wildman–Crippen MR) is 72.9 cm³/mol. The van der Waals surface area contributed by atoms with E-state index in [0.29, 0.717) is 6.42 Å². The van der Waals surface area contributed by atoms with Gasteiger partial charge in [-0.05, 0) is 25.5 Å². The van der Waals surface area contributed by atoms with E-state index < -0.39 is 0 Å². The van der Waals surface area contributed by atoms with Gasteiger partial charge < -0.3 is 4.74 Å². The lowest BCUT2D eigenvalue weighted by molar-refractivity contribution is -0.121. The van der Waals surface area contributed by atoms with E-state index in [2.05, 4.69) is 17.5 Å². The maximum absolute atomic E-state index is 11.4.